The Balaban J connectivity index is 1.61. The molecule has 0 bridgehead atoms. The maximum atomic E-state index is 9.76. The van der Waals surface area contributed by atoms with Crippen molar-refractivity contribution in [3.8, 4) is 66.8 Å². The Labute approximate surface area is 252 Å². The molecule has 42 heavy (non-hydrogen) atoms. The largest absolute Gasteiger partial charge is 0.0636 e. The SMILES string of the molecule is [2H]c1c(-c2ccccc2-c2ccccc2)c([2H])c(-c2ccccc2-c2ccccc2)c([2H])c1-c1ccccc1-c1ccccc1. The van der Waals surface area contributed by atoms with E-state index in [-0.39, 0.29) is 18.1 Å². The van der Waals surface area contributed by atoms with E-state index in [9.17, 15) is 4.11 Å². The first-order valence-corrected chi connectivity index (χ1v) is 14.2. The van der Waals surface area contributed by atoms with Gasteiger partial charge < -0.3 is 0 Å². The first-order chi connectivity index (χ1) is 22.1. The van der Waals surface area contributed by atoms with Crippen molar-refractivity contribution in [2.75, 3.05) is 0 Å². The average molecular weight is 538 g/mol. The van der Waals surface area contributed by atoms with E-state index in [2.05, 4.69) is 36.4 Å². The van der Waals surface area contributed by atoms with E-state index in [4.69, 9.17) is 0 Å². The smallest absolute Gasteiger partial charge is 0.0622 e. The third kappa shape index (κ3) is 5.07. The van der Waals surface area contributed by atoms with Gasteiger partial charge in [-0.15, -0.1) is 0 Å². The molecule has 0 aliphatic rings. The molecule has 0 aromatic heterocycles. The Bertz CT molecular complexity index is 1850. The van der Waals surface area contributed by atoms with Crippen LogP contribution in [0.15, 0.2) is 182 Å². The molecule has 0 heteroatoms. The van der Waals surface area contributed by atoms with Crippen LogP contribution in [0.1, 0.15) is 4.11 Å². The van der Waals surface area contributed by atoms with E-state index in [1.807, 2.05) is 127 Å². The molecule has 0 nitrogen and oxygen atoms in total. The van der Waals surface area contributed by atoms with Crippen LogP contribution in [0.4, 0.5) is 0 Å². The molecule has 198 valence electrons. The van der Waals surface area contributed by atoms with Crippen LogP contribution in [-0.4, -0.2) is 0 Å². The lowest BCUT2D eigenvalue weighted by atomic mass is 9.86. The molecule has 0 saturated heterocycles. The quantitative estimate of drug-likeness (QED) is 0.198. The molecule has 0 radical (unpaired) electrons. The van der Waals surface area contributed by atoms with Crippen molar-refractivity contribution in [3.05, 3.63) is 182 Å². The molecule has 0 spiro atoms. The van der Waals surface area contributed by atoms with E-state index < -0.39 is 0 Å². The Hall–Kier alpha value is -5.46. The minimum atomic E-state index is 0.178. The molecule has 0 unspecified atom stereocenters. The molecule has 0 heterocycles. The Kier molecular flexibility index (Phi) is 6.13. The number of hydrogen-bond acceptors (Lipinski definition) is 0. The summed E-state index contributed by atoms with van der Waals surface area (Å²) in [5.74, 6) is 0. The summed E-state index contributed by atoms with van der Waals surface area (Å²) in [5.41, 5.74) is 9.83. The number of rotatable bonds is 6. The van der Waals surface area contributed by atoms with Crippen LogP contribution >= 0.6 is 0 Å². The standard InChI is InChI=1S/C42H30/c1-4-16-31(17-5-1)37-22-10-13-25-40(37)34-28-35(41-26-14-11-23-38(41)32-18-6-2-7-19-32)30-36(29-34)42-27-15-12-24-39(42)33-20-8-3-9-21-33/h1-30H/i28D,29D,30D. The molecule has 7 rings (SSSR count). The van der Waals surface area contributed by atoms with E-state index in [1.165, 1.54) is 0 Å². The molecule has 0 aliphatic carbocycles. The maximum Gasteiger partial charge on any atom is 0.0636 e. The van der Waals surface area contributed by atoms with Crippen molar-refractivity contribution in [1.29, 1.82) is 0 Å². The van der Waals surface area contributed by atoms with Crippen molar-refractivity contribution in [1.82, 2.24) is 0 Å². The molecule has 7 aromatic rings. The first-order valence-electron chi connectivity index (χ1n) is 15.7. The summed E-state index contributed by atoms with van der Waals surface area (Å²) in [7, 11) is 0. The van der Waals surface area contributed by atoms with Gasteiger partial charge in [0.25, 0.3) is 0 Å². The summed E-state index contributed by atoms with van der Waals surface area (Å²) in [6, 6.07) is 54.9. The highest BCUT2D eigenvalue weighted by Gasteiger charge is 2.15. The summed E-state index contributed by atoms with van der Waals surface area (Å²) in [6.45, 7) is 0. The van der Waals surface area contributed by atoms with Crippen molar-refractivity contribution >= 4 is 0 Å². The lowest BCUT2D eigenvalue weighted by Gasteiger charge is -2.18. The van der Waals surface area contributed by atoms with Crippen molar-refractivity contribution in [2.45, 2.75) is 0 Å². The lowest BCUT2D eigenvalue weighted by molar-refractivity contribution is 1.54. The predicted octanol–water partition coefficient (Wildman–Crippen LogP) is 11.7. The predicted molar refractivity (Wildman–Crippen MR) is 179 cm³/mol. The van der Waals surface area contributed by atoms with Gasteiger partial charge in [-0.3, -0.25) is 0 Å². The highest BCUT2D eigenvalue weighted by Crippen LogP contribution is 2.41. The molecule has 7 aromatic carbocycles. The number of hydrogen-bond donors (Lipinski definition) is 0. The molecule has 0 fully saturated rings. The molecular weight excluding hydrogens is 504 g/mol. The van der Waals surface area contributed by atoms with Crippen LogP contribution in [0, 0.1) is 0 Å². The van der Waals surface area contributed by atoms with Crippen LogP contribution in [0.3, 0.4) is 0 Å². The maximum absolute atomic E-state index is 9.76. The minimum absolute atomic E-state index is 0.178. The van der Waals surface area contributed by atoms with Gasteiger partial charge in [0.05, 0.1) is 4.11 Å². The fraction of sp³-hybridized carbons (Fsp3) is 0. The highest BCUT2D eigenvalue weighted by atomic mass is 14.2. The van der Waals surface area contributed by atoms with Crippen LogP contribution in [0.2, 0.25) is 0 Å². The zero-order chi connectivity index (χ0) is 30.8. The minimum Gasteiger partial charge on any atom is -0.0622 e. The monoisotopic (exact) mass is 537 g/mol. The first kappa shape index (κ1) is 22.3. The van der Waals surface area contributed by atoms with E-state index in [1.54, 1.807) is 0 Å². The van der Waals surface area contributed by atoms with Gasteiger partial charge in [0.2, 0.25) is 0 Å². The normalized spacial score (nSPS) is 11.9. The fourth-order valence-electron chi connectivity index (χ4n) is 5.58. The lowest BCUT2D eigenvalue weighted by Crippen LogP contribution is -1.92. The summed E-state index contributed by atoms with van der Waals surface area (Å²) in [6.07, 6.45) is 0. The third-order valence-corrected chi connectivity index (χ3v) is 7.59. The van der Waals surface area contributed by atoms with Crippen LogP contribution in [0.5, 0.6) is 0 Å². The van der Waals surface area contributed by atoms with Gasteiger partial charge in [-0.1, -0.05) is 164 Å². The molecule has 0 atom stereocenters. The van der Waals surface area contributed by atoms with Crippen LogP contribution in [-0.2, 0) is 0 Å². The zero-order valence-corrected chi connectivity index (χ0v) is 23.1. The molecule has 0 aliphatic heterocycles. The molecule has 0 N–H and O–H groups in total. The second-order valence-electron chi connectivity index (χ2n) is 10.2. The van der Waals surface area contributed by atoms with Crippen LogP contribution in [0.25, 0.3) is 66.8 Å². The second-order valence-corrected chi connectivity index (χ2v) is 10.2. The van der Waals surface area contributed by atoms with Gasteiger partial charge >= 0.3 is 0 Å². The Morgan fingerprint density at radius 2 is 0.405 bits per heavy atom. The van der Waals surface area contributed by atoms with Crippen molar-refractivity contribution < 1.29 is 4.11 Å². The van der Waals surface area contributed by atoms with Gasteiger partial charge in [-0.2, -0.15) is 0 Å². The van der Waals surface area contributed by atoms with Crippen molar-refractivity contribution in [3.63, 3.8) is 0 Å². The van der Waals surface area contributed by atoms with Crippen LogP contribution < -0.4 is 0 Å². The Morgan fingerprint density at radius 3 is 0.643 bits per heavy atom. The fourth-order valence-corrected chi connectivity index (χ4v) is 5.58. The summed E-state index contributed by atoms with van der Waals surface area (Å²) in [4.78, 5) is 0. The van der Waals surface area contributed by atoms with E-state index >= 15 is 0 Å². The second kappa shape index (κ2) is 11.6. The molecular formula is C42H30. The van der Waals surface area contributed by atoms with Gasteiger partial charge in [0.15, 0.2) is 0 Å². The Morgan fingerprint density at radius 1 is 0.214 bits per heavy atom. The van der Waals surface area contributed by atoms with Gasteiger partial charge in [0, 0.05) is 0 Å². The average Bonchev–Trinajstić information content (AvgIpc) is 3.10. The van der Waals surface area contributed by atoms with Gasteiger partial charge in [-0.05, 0) is 84.9 Å². The third-order valence-electron chi connectivity index (χ3n) is 7.59. The number of benzene rings is 7. The van der Waals surface area contributed by atoms with Gasteiger partial charge in [-0.25, -0.2) is 0 Å². The summed E-state index contributed by atoms with van der Waals surface area (Å²) >= 11 is 0. The molecule has 0 amide bonds. The highest BCUT2D eigenvalue weighted by molar-refractivity contribution is 5.93. The van der Waals surface area contributed by atoms with Crippen molar-refractivity contribution in [2.24, 2.45) is 0 Å². The van der Waals surface area contributed by atoms with Gasteiger partial charge in [0.1, 0.15) is 0 Å². The topological polar surface area (TPSA) is 0 Å². The molecule has 0 saturated carbocycles. The zero-order valence-electron chi connectivity index (χ0n) is 26.1. The summed E-state index contributed by atoms with van der Waals surface area (Å²) < 4.78 is 29.3. The summed E-state index contributed by atoms with van der Waals surface area (Å²) in [5, 5.41) is 0. The van der Waals surface area contributed by atoms with E-state index in [0.29, 0.717) is 16.7 Å². The van der Waals surface area contributed by atoms with E-state index in [0.717, 1.165) is 50.1 Å².